The number of hydrogen-bond donors (Lipinski definition) is 1. The zero-order valence-corrected chi connectivity index (χ0v) is 15.9. The minimum Gasteiger partial charge on any atom is -0.332 e. The predicted molar refractivity (Wildman–Crippen MR) is 103 cm³/mol. The van der Waals surface area contributed by atoms with Crippen LogP contribution in [0.15, 0.2) is 36.4 Å². The number of aryl methyl sites for hydroxylation is 1. The first-order valence-corrected chi connectivity index (χ1v) is 9.16. The minimum atomic E-state index is -0.217. The molecule has 0 saturated heterocycles. The van der Waals surface area contributed by atoms with E-state index in [0.29, 0.717) is 6.54 Å². The van der Waals surface area contributed by atoms with E-state index in [4.69, 9.17) is 0 Å². The predicted octanol–water partition coefficient (Wildman–Crippen LogP) is 2.71. The lowest BCUT2D eigenvalue weighted by Gasteiger charge is -2.17. The average molecular weight is 371 g/mol. The molecule has 0 fully saturated rings. The molecule has 2 aromatic rings. The normalized spacial score (nSPS) is 14.8. The summed E-state index contributed by atoms with van der Waals surface area (Å²) in [5.74, 6) is -0.217. The van der Waals surface area contributed by atoms with Crippen LogP contribution in [0.4, 0.5) is 9.18 Å². The molecule has 6 nitrogen and oxygen atoms in total. The number of benzene rings is 1. The van der Waals surface area contributed by atoms with E-state index in [1.165, 1.54) is 17.0 Å². The van der Waals surface area contributed by atoms with Crippen molar-refractivity contribution in [1.82, 2.24) is 24.9 Å². The molecule has 1 aliphatic heterocycles. The molecule has 0 bridgehead atoms. The van der Waals surface area contributed by atoms with Gasteiger partial charge in [-0.1, -0.05) is 24.3 Å². The van der Waals surface area contributed by atoms with Crippen molar-refractivity contribution in [3.8, 4) is 0 Å². The summed E-state index contributed by atoms with van der Waals surface area (Å²) in [6, 6.07) is 8.44. The van der Waals surface area contributed by atoms with Gasteiger partial charge in [-0.3, -0.25) is 9.58 Å². The summed E-state index contributed by atoms with van der Waals surface area (Å²) in [6.45, 7) is 3.97. The summed E-state index contributed by atoms with van der Waals surface area (Å²) < 4.78 is 15.0. The van der Waals surface area contributed by atoms with Crippen molar-refractivity contribution < 1.29 is 9.18 Å². The molecule has 0 spiro atoms. The van der Waals surface area contributed by atoms with Crippen molar-refractivity contribution in [2.75, 3.05) is 27.2 Å². The van der Waals surface area contributed by atoms with E-state index >= 15 is 0 Å². The van der Waals surface area contributed by atoms with Gasteiger partial charge in [0.1, 0.15) is 5.82 Å². The van der Waals surface area contributed by atoms with Gasteiger partial charge in [0.05, 0.1) is 17.9 Å². The number of carbonyl (C=O) groups excluding carboxylic acids is 1. The number of hydrogen-bond acceptors (Lipinski definition) is 3. The van der Waals surface area contributed by atoms with Crippen LogP contribution in [0.5, 0.6) is 0 Å². The molecule has 3 rings (SSSR count). The number of carbonyl (C=O) groups is 1. The lowest BCUT2D eigenvalue weighted by Crippen LogP contribution is -2.34. The van der Waals surface area contributed by atoms with E-state index in [0.717, 1.165) is 49.6 Å². The number of amides is 2. The first-order valence-electron chi connectivity index (χ1n) is 9.16. The first-order chi connectivity index (χ1) is 13.0. The molecule has 0 atom stereocenters. The van der Waals surface area contributed by atoms with Gasteiger partial charge in [0, 0.05) is 40.3 Å². The van der Waals surface area contributed by atoms with Crippen LogP contribution in [0.25, 0.3) is 6.08 Å². The highest BCUT2D eigenvalue weighted by Crippen LogP contribution is 2.14. The number of fused-ring (bicyclic) bond motifs is 1. The Morgan fingerprint density at radius 1 is 1.30 bits per heavy atom. The number of halogens is 1. The first kappa shape index (κ1) is 19.1. The molecule has 144 valence electrons. The Balaban J connectivity index is 1.57. The molecule has 1 aromatic carbocycles. The Morgan fingerprint density at radius 3 is 2.81 bits per heavy atom. The fourth-order valence-corrected chi connectivity index (χ4v) is 3.07. The molecule has 7 heteroatoms. The molecule has 1 aromatic heterocycles. The van der Waals surface area contributed by atoms with Gasteiger partial charge in [-0.05, 0) is 30.2 Å². The summed E-state index contributed by atoms with van der Waals surface area (Å²) in [5, 5.41) is 7.47. The van der Waals surface area contributed by atoms with Crippen LogP contribution in [0.2, 0.25) is 0 Å². The number of nitrogens with one attached hydrogen (secondary N) is 1. The summed E-state index contributed by atoms with van der Waals surface area (Å²) in [4.78, 5) is 15.5. The summed E-state index contributed by atoms with van der Waals surface area (Å²) in [7, 11) is 3.43. The quantitative estimate of drug-likeness (QED) is 0.879. The van der Waals surface area contributed by atoms with Gasteiger partial charge in [-0.15, -0.1) is 0 Å². The third kappa shape index (κ3) is 5.40. The summed E-state index contributed by atoms with van der Waals surface area (Å²) in [6.07, 6.45) is 5.16. The second-order valence-electron chi connectivity index (χ2n) is 6.95. The van der Waals surface area contributed by atoms with Crippen molar-refractivity contribution in [3.05, 3.63) is 59.2 Å². The zero-order chi connectivity index (χ0) is 19.2. The molecule has 0 saturated carbocycles. The second-order valence-corrected chi connectivity index (χ2v) is 6.95. The van der Waals surface area contributed by atoms with Crippen molar-refractivity contribution in [1.29, 1.82) is 0 Å². The fourth-order valence-electron chi connectivity index (χ4n) is 3.07. The van der Waals surface area contributed by atoms with E-state index in [9.17, 15) is 9.18 Å². The van der Waals surface area contributed by atoms with E-state index in [-0.39, 0.29) is 11.8 Å². The van der Waals surface area contributed by atoms with E-state index < -0.39 is 0 Å². The lowest BCUT2D eigenvalue weighted by atomic mass is 10.2. The van der Waals surface area contributed by atoms with E-state index in [1.54, 1.807) is 26.2 Å². The van der Waals surface area contributed by atoms with Crippen molar-refractivity contribution >= 4 is 12.1 Å². The molecule has 2 amide bonds. The molecular formula is C20H26FN5O. The topological polar surface area (TPSA) is 53.4 Å². The summed E-state index contributed by atoms with van der Waals surface area (Å²) >= 11 is 0. The number of aromatic nitrogens is 2. The van der Waals surface area contributed by atoms with Crippen LogP contribution >= 0.6 is 0 Å². The van der Waals surface area contributed by atoms with Crippen LogP contribution < -0.4 is 5.32 Å². The number of rotatable bonds is 5. The Hall–Kier alpha value is -2.67. The Kier molecular flexibility index (Phi) is 6.24. The molecule has 2 heterocycles. The van der Waals surface area contributed by atoms with Gasteiger partial charge >= 0.3 is 6.03 Å². The smallest absolute Gasteiger partial charge is 0.317 e. The van der Waals surface area contributed by atoms with Gasteiger partial charge in [0.2, 0.25) is 0 Å². The minimum absolute atomic E-state index is 0.120. The van der Waals surface area contributed by atoms with Crippen LogP contribution in [-0.2, 0) is 19.6 Å². The monoisotopic (exact) mass is 371 g/mol. The van der Waals surface area contributed by atoms with Crippen molar-refractivity contribution in [2.24, 2.45) is 0 Å². The summed E-state index contributed by atoms with van der Waals surface area (Å²) in [5.41, 5.74) is 3.04. The third-order valence-corrected chi connectivity index (χ3v) is 4.51. The van der Waals surface area contributed by atoms with Gasteiger partial charge in [0.25, 0.3) is 0 Å². The Morgan fingerprint density at radius 2 is 2.07 bits per heavy atom. The van der Waals surface area contributed by atoms with Gasteiger partial charge in [-0.25, -0.2) is 9.18 Å². The SMILES string of the molecule is CN(C)C(=O)NCc1cc2n(n1)CCCN(CC=Cc1ccc(F)cc1)C2. The molecule has 1 N–H and O–H groups in total. The average Bonchev–Trinajstić information content (AvgIpc) is 2.92. The zero-order valence-electron chi connectivity index (χ0n) is 15.9. The van der Waals surface area contributed by atoms with Crippen LogP contribution in [0, 0.1) is 5.82 Å². The molecule has 0 aliphatic carbocycles. The van der Waals surface area contributed by atoms with Crippen LogP contribution in [0.1, 0.15) is 23.4 Å². The van der Waals surface area contributed by atoms with Crippen LogP contribution in [0.3, 0.4) is 0 Å². The maximum Gasteiger partial charge on any atom is 0.317 e. The number of urea groups is 1. The highest BCUT2D eigenvalue weighted by atomic mass is 19.1. The maximum absolute atomic E-state index is 13.0. The molecule has 0 radical (unpaired) electrons. The standard InChI is InChI=1S/C20H26FN5O/c1-24(2)20(27)22-14-18-13-19-15-25(11-4-12-26(19)23-18)10-3-5-16-6-8-17(21)9-7-16/h3,5-9,13H,4,10-12,14-15H2,1-2H3,(H,22,27). The third-order valence-electron chi connectivity index (χ3n) is 4.51. The maximum atomic E-state index is 13.0. The highest BCUT2D eigenvalue weighted by molar-refractivity contribution is 5.73. The van der Waals surface area contributed by atoms with E-state index in [1.807, 2.05) is 10.8 Å². The molecular weight excluding hydrogens is 345 g/mol. The van der Waals surface area contributed by atoms with Gasteiger partial charge in [-0.2, -0.15) is 5.10 Å². The van der Waals surface area contributed by atoms with Gasteiger partial charge < -0.3 is 10.2 Å². The fraction of sp³-hybridized carbons (Fsp3) is 0.400. The lowest BCUT2D eigenvalue weighted by molar-refractivity contribution is 0.217. The molecule has 1 aliphatic rings. The Bertz CT molecular complexity index is 797. The van der Waals surface area contributed by atoms with Crippen LogP contribution in [-0.4, -0.2) is 52.8 Å². The van der Waals surface area contributed by atoms with Crippen molar-refractivity contribution in [3.63, 3.8) is 0 Å². The van der Waals surface area contributed by atoms with Gasteiger partial charge in [0.15, 0.2) is 0 Å². The second kappa shape index (κ2) is 8.81. The highest BCUT2D eigenvalue weighted by Gasteiger charge is 2.16. The Labute approximate surface area is 159 Å². The molecule has 27 heavy (non-hydrogen) atoms. The molecule has 0 unspecified atom stereocenters. The van der Waals surface area contributed by atoms with E-state index in [2.05, 4.69) is 27.5 Å². The van der Waals surface area contributed by atoms with Crippen molar-refractivity contribution in [2.45, 2.75) is 26.1 Å². The number of nitrogens with zero attached hydrogens (tertiary/aromatic N) is 4. The largest absolute Gasteiger partial charge is 0.332 e.